The van der Waals surface area contributed by atoms with Gasteiger partial charge in [0.2, 0.25) is 5.95 Å². The minimum absolute atomic E-state index is 0.687. The van der Waals surface area contributed by atoms with Gasteiger partial charge in [-0.3, -0.25) is 4.57 Å². The van der Waals surface area contributed by atoms with Gasteiger partial charge in [-0.1, -0.05) is 121 Å². The Morgan fingerprint density at radius 1 is 0.370 bits per heavy atom. The average molecular weight is 740 g/mol. The standard InChI is InChI=1S/C48H25N3S3/c1-2-14-26(15-3-1)43-27-16-4-9-21-32(27)49-48(50-43)51-33-22-10-5-17-28(33)37-42-41(39-30-19-7-12-24-35(30)54-47(39)44(37)51)38-29-18-6-11-23-34(29)52-45(38)40-31-20-8-13-25-36(31)53-46(40)42/h1-25H. The molecule has 0 saturated heterocycles. The van der Waals surface area contributed by atoms with E-state index in [1.54, 1.807) is 0 Å². The Bertz CT molecular complexity index is 3730. The quantitative estimate of drug-likeness (QED) is 0.177. The maximum absolute atomic E-state index is 5.50. The van der Waals surface area contributed by atoms with E-state index in [4.69, 9.17) is 9.97 Å². The van der Waals surface area contributed by atoms with Gasteiger partial charge in [-0.15, -0.1) is 34.0 Å². The highest BCUT2D eigenvalue weighted by Crippen LogP contribution is 2.56. The molecule has 0 aliphatic heterocycles. The molecule has 6 heteroatoms. The lowest BCUT2D eigenvalue weighted by atomic mass is 9.93. The highest BCUT2D eigenvalue weighted by atomic mass is 32.1. The highest BCUT2D eigenvalue weighted by Gasteiger charge is 2.28. The first-order valence-corrected chi connectivity index (χ1v) is 20.5. The second kappa shape index (κ2) is 10.7. The third kappa shape index (κ3) is 3.74. The summed E-state index contributed by atoms with van der Waals surface area (Å²) in [5, 5.41) is 14.2. The molecule has 0 amide bonds. The SMILES string of the molecule is c1ccc(-c2nc(-n3c4ccccc4c4c5c6sc7ccccc7c6c6sc7ccccc7c6c5c5c6ccccc6sc5c43)nc3ccccc23)cc1. The Hall–Kier alpha value is -6.18. The van der Waals surface area contributed by atoms with E-state index in [2.05, 4.69) is 156 Å². The summed E-state index contributed by atoms with van der Waals surface area (Å²) in [6.07, 6.45) is 0. The van der Waals surface area contributed by atoms with Crippen molar-refractivity contribution in [3.8, 4) is 17.2 Å². The predicted molar refractivity (Wildman–Crippen MR) is 235 cm³/mol. The molecule has 3 nitrogen and oxygen atoms in total. The third-order valence-corrected chi connectivity index (χ3v) is 14.7. The predicted octanol–water partition coefficient (Wildman–Crippen LogP) is 14.7. The Morgan fingerprint density at radius 3 is 1.59 bits per heavy atom. The molecule has 5 aromatic heterocycles. The Balaban J connectivity index is 1.36. The first-order chi connectivity index (χ1) is 26.8. The molecule has 5 heterocycles. The topological polar surface area (TPSA) is 30.7 Å². The first-order valence-electron chi connectivity index (χ1n) is 18.1. The van der Waals surface area contributed by atoms with Crippen LogP contribution in [0.5, 0.6) is 0 Å². The second-order valence-corrected chi connectivity index (χ2v) is 17.1. The number of thiophene rings is 3. The molecule has 0 radical (unpaired) electrons. The number of benzene rings is 8. The van der Waals surface area contributed by atoms with E-state index in [0.717, 1.165) is 27.7 Å². The van der Waals surface area contributed by atoms with Crippen molar-refractivity contribution in [1.29, 1.82) is 0 Å². The lowest BCUT2D eigenvalue weighted by Gasteiger charge is -2.13. The van der Waals surface area contributed by atoms with Crippen LogP contribution in [0.25, 0.3) is 121 Å². The lowest BCUT2D eigenvalue weighted by molar-refractivity contribution is 1.02. The summed E-state index contributed by atoms with van der Waals surface area (Å²) in [5.41, 5.74) is 5.23. The molecule has 0 atom stereocenters. The minimum atomic E-state index is 0.687. The highest BCUT2D eigenvalue weighted by molar-refractivity contribution is 7.31. The number of rotatable bonds is 2. The van der Waals surface area contributed by atoms with Gasteiger partial charge in [0.05, 0.1) is 26.9 Å². The molecule has 0 aliphatic rings. The summed E-state index contributed by atoms with van der Waals surface area (Å²) in [4.78, 5) is 10.9. The molecule has 0 fully saturated rings. The van der Waals surface area contributed by atoms with Gasteiger partial charge in [-0.2, -0.15) is 0 Å². The zero-order valence-corrected chi connectivity index (χ0v) is 30.9. The molecule has 0 spiro atoms. The van der Waals surface area contributed by atoms with E-state index in [1.807, 2.05) is 34.0 Å². The summed E-state index contributed by atoms with van der Waals surface area (Å²) in [7, 11) is 0. The van der Waals surface area contributed by atoms with Crippen molar-refractivity contribution in [2.75, 3.05) is 0 Å². The summed E-state index contributed by atoms with van der Waals surface area (Å²) >= 11 is 5.76. The third-order valence-electron chi connectivity index (χ3n) is 11.2. The van der Waals surface area contributed by atoms with Gasteiger partial charge in [0.15, 0.2) is 0 Å². The van der Waals surface area contributed by atoms with Crippen LogP contribution in [-0.4, -0.2) is 14.5 Å². The Labute approximate surface area is 319 Å². The van der Waals surface area contributed by atoms with Crippen LogP contribution < -0.4 is 0 Å². The van der Waals surface area contributed by atoms with Crippen molar-refractivity contribution >= 4 is 138 Å². The van der Waals surface area contributed by atoms with Gasteiger partial charge in [-0.05, 0) is 30.3 Å². The molecule has 13 rings (SSSR count). The summed E-state index contributed by atoms with van der Waals surface area (Å²) in [5.74, 6) is 0.687. The Morgan fingerprint density at radius 2 is 0.889 bits per heavy atom. The van der Waals surface area contributed by atoms with Crippen LogP contribution in [0.1, 0.15) is 0 Å². The monoisotopic (exact) mass is 739 g/mol. The molecule has 0 N–H and O–H groups in total. The molecular formula is C48H25N3S3. The van der Waals surface area contributed by atoms with Crippen LogP contribution in [0.4, 0.5) is 0 Å². The van der Waals surface area contributed by atoms with Crippen molar-refractivity contribution in [1.82, 2.24) is 14.5 Å². The van der Waals surface area contributed by atoms with Crippen LogP contribution in [-0.2, 0) is 0 Å². The van der Waals surface area contributed by atoms with E-state index in [9.17, 15) is 0 Å². The van der Waals surface area contributed by atoms with E-state index >= 15 is 0 Å². The van der Waals surface area contributed by atoms with Gasteiger partial charge in [0.25, 0.3) is 0 Å². The molecule has 0 unspecified atom stereocenters. The smallest absolute Gasteiger partial charge is 0.235 e. The zero-order chi connectivity index (χ0) is 35.1. The Kier molecular flexibility index (Phi) is 5.81. The molecule has 54 heavy (non-hydrogen) atoms. The van der Waals surface area contributed by atoms with Gasteiger partial charge >= 0.3 is 0 Å². The van der Waals surface area contributed by atoms with Crippen molar-refractivity contribution < 1.29 is 0 Å². The fourth-order valence-corrected chi connectivity index (χ4v) is 12.9. The van der Waals surface area contributed by atoms with E-state index in [1.165, 1.54) is 87.6 Å². The van der Waals surface area contributed by atoms with Crippen molar-refractivity contribution in [3.05, 3.63) is 152 Å². The van der Waals surface area contributed by atoms with Crippen LogP contribution in [0.15, 0.2) is 152 Å². The van der Waals surface area contributed by atoms with E-state index in [0.29, 0.717) is 5.95 Å². The van der Waals surface area contributed by atoms with Gasteiger partial charge in [-0.25, -0.2) is 9.97 Å². The number of aromatic nitrogens is 3. The summed E-state index contributed by atoms with van der Waals surface area (Å²) in [6, 6.07) is 54.8. The fraction of sp³-hybridized carbons (Fsp3) is 0. The fourth-order valence-electron chi connectivity index (χ4n) is 9.00. The number of para-hydroxylation sites is 2. The van der Waals surface area contributed by atoms with E-state index < -0.39 is 0 Å². The minimum Gasteiger partial charge on any atom is -0.276 e. The second-order valence-electron chi connectivity index (χ2n) is 14.0. The summed E-state index contributed by atoms with van der Waals surface area (Å²) in [6.45, 7) is 0. The van der Waals surface area contributed by atoms with Crippen molar-refractivity contribution in [3.63, 3.8) is 0 Å². The van der Waals surface area contributed by atoms with Crippen LogP contribution in [0, 0.1) is 0 Å². The van der Waals surface area contributed by atoms with Crippen LogP contribution in [0.3, 0.4) is 0 Å². The van der Waals surface area contributed by atoms with Crippen molar-refractivity contribution in [2.45, 2.75) is 0 Å². The maximum atomic E-state index is 5.50. The van der Waals surface area contributed by atoms with Gasteiger partial charge in [0, 0.05) is 88.3 Å². The zero-order valence-electron chi connectivity index (χ0n) is 28.5. The largest absolute Gasteiger partial charge is 0.276 e. The van der Waals surface area contributed by atoms with Crippen molar-refractivity contribution in [2.24, 2.45) is 0 Å². The maximum Gasteiger partial charge on any atom is 0.235 e. The molecule has 250 valence electrons. The molecule has 8 aromatic carbocycles. The van der Waals surface area contributed by atoms with Crippen LogP contribution >= 0.6 is 34.0 Å². The lowest BCUT2D eigenvalue weighted by Crippen LogP contribution is -2.03. The van der Waals surface area contributed by atoms with Gasteiger partial charge in [0.1, 0.15) is 0 Å². The molecule has 0 bridgehead atoms. The van der Waals surface area contributed by atoms with Crippen LogP contribution in [0.2, 0.25) is 0 Å². The number of hydrogen-bond donors (Lipinski definition) is 0. The number of hydrogen-bond acceptors (Lipinski definition) is 5. The normalized spacial score (nSPS) is 12.4. The average Bonchev–Trinajstić information content (AvgIpc) is 4.00. The molecule has 0 saturated carbocycles. The summed E-state index contributed by atoms with van der Waals surface area (Å²) < 4.78 is 10.3. The molecular weight excluding hydrogens is 715 g/mol. The number of fused-ring (bicyclic) bond motifs is 20. The van der Waals surface area contributed by atoms with Gasteiger partial charge < -0.3 is 0 Å². The first kappa shape index (κ1) is 29.3. The van der Waals surface area contributed by atoms with E-state index in [-0.39, 0.29) is 0 Å². The number of nitrogens with zero attached hydrogens (tertiary/aromatic N) is 3. The molecule has 0 aliphatic carbocycles. The molecule has 13 aromatic rings.